The van der Waals surface area contributed by atoms with Gasteiger partial charge in [-0.2, -0.15) is 0 Å². The van der Waals surface area contributed by atoms with Crippen molar-refractivity contribution < 1.29 is 4.74 Å². The Labute approximate surface area is 90.0 Å². The number of pyridine rings is 1. The fourth-order valence-corrected chi connectivity index (χ4v) is 1.79. The van der Waals surface area contributed by atoms with Gasteiger partial charge in [-0.05, 0) is 18.6 Å². The number of nitrogens with two attached hydrogens (primary N) is 1. The standard InChI is InChI=1S/C11H17N3O/c1-2-9-8-14(6-7-15-9)11-5-3-4-10(12)13-11/h3-5,9H,2,6-8H2,1H3,(H2,12,13). The summed E-state index contributed by atoms with van der Waals surface area (Å²) in [6, 6.07) is 5.74. The second-order valence-electron chi connectivity index (χ2n) is 3.77. The summed E-state index contributed by atoms with van der Waals surface area (Å²) >= 11 is 0. The lowest BCUT2D eigenvalue weighted by Gasteiger charge is -2.33. The molecule has 0 aromatic carbocycles. The first-order valence-corrected chi connectivity index (χ1v) is 5.38. The summed E-state index contributed by atoms with van der Waals surface area (Å²) in [6.07, 6.45) is 1.36. The van der Waals surface area contributed by atoms with E-state index in [1.165, 1.54) is 0 Å². The highest BCUT2D eigenvalue weighted by Crippen LogP contribution is 2.17. The molecule has 15 heavy (non-hydrogen) atoms. The van der Waals surface area contributed by atoms with Crippen molar-refractivity contribution in [2.75, 3.05) is 30.3 Å². The molecule has 0 bridgehead atoms. The van der Waals surface area contributed by atoms with Gasteiger partial charge in [0, 0.05) is 13.1 Å². The topological polar surface area (TPSA) is 51.4 Å². The maximum absolute atomic E-state index is 5.66. The molecule has 1 unspecified atom stereocenters. The van der Waals surface area contributed by atoms with Crippen LogP contribution in [0.4, 0.5) is 11.6 Å². The van der Waals surface area contributed by atoms with Gasteiger partial charge in [0.15, 0.2) is 0 Å². The normalized spacial score (nSPS) is 21.7. The van der Waals surface area contributed by atoms with Crippen molar-refractivity contribution in [3.05, 3.63) is 18.2 Å². The molecule has 1 aliphatic heterocycles. The maximum Gasteiger partial charge on any atom is 0.131 e. The number of aromatic nitrogens is 1. The van der Waals surface area contributed by atoms with Crippen molar-refractivity contribution in [2.24, 2.45) is 0 Å². The Morgan fingerprint density at radius 1 is 1.60 bits per heavy atom. The van der Waals surface area contributed by atoms with E-state index in [0.29, 0.717) is 11.9 Å². The van der Waals surface area contributed by atoms with Gasteiger partial charge in [0.05, 0.1) is 12.7 Å². The van der Waals surface area contributed by atoms with Crippen molar-refractivity contribution in [1.82, 2.24) is 4.98 Å². The largest absolute Gasteiger partial charge is 0.384 e. The minimum atomic E-state index is 0.321. The molecule has 2 N–H and O–H groups in total. The Balaban J connectivity index is 2.09. The summed E-state index contributed by atoms with van der Waals surface area (Å²) in [7, 11) is 0. The van der Waals surface area contributed by atoms with Gasteiger partial charge in [0.25, 0.3) is 0 Å². The first-order valence-electron chi connectivity index (χ1n) is 5.38. The Morgan fingerprint density at radius 3 is 3.20 bits per heavy atom. The van der Waals surface area contributed by atoms with Gasteiger partial charge < -0.3 is 15.4 Å². The Hall–Kier alpha value is -1.29. The number of nitrogens with zero attached hydrogens (tertiary/aromatic N) is 2. The molecule has 4 heteroatoms. The first kappa shape index (κ1) is 10.2. The Kier molecular flexibility index (Phi) is 3.06. The monoisotopic (exact) mass is 207 g/mol. The van der Waals surface area contributed by atoms with E-state index in [0.717, 1.165) is 31.9 Å². The minimum Gasteiger partial charge on any atom is -0.384 e. The maximum atomic E-state index is 5.66. The quantitative estimate of drug-likeness (QED) is 0.793. The third-order valence-electron chi connectivity index (χ3n) is 2.67. The highest BCUT2D eigenvalue weighted by atomic mass is 16.5. The number of rotatable bonds is 2. The zero-order valence-electron chi connectivity index (χ0n) is 9.02. The van der Waals surface area contributed by atoms with Crippen molar-refractivity contribution in [1.29, 1.82) is 0 Å². The van der Waals surface area contributed by atoms with Crippen molar-refractivity contribution >= 4 is 11.6 Å². The summed E-state index contributed by atoms with van der Waals surface area (Å²) in [5, 5.41) is 0. The van der Waals surface area contributed by atoms with Crippen molar-refractivity contribution in [3.63, 3.8) is 0 Å². The van der Waals surface area contributed by atoms with Crippen LogP contribution in [0.2, 0.25) is 0 Å². The minimum absolute atomic E-state index is 0.321. The summed E-state index contributed by atoms with van der Waals surface area (Å²) in [4.78, 5) is 6.54. The molecule has 0 aliphatic carbocycles. The van der Waals surface area contributed by atoms with Crippen molar-refractivity contribution in [3.8, 4) is 0 Å². The molecule has 1 fully saturated rings. The fraction of sp³-hybridized carbons (Fsp3) is 0.545. The molecule has 1 atom stereocenters. The zero-order valence-corrected chi connectivity index (χ0v) is 9.02. The van der Waals surface area contributed by atoms with Gasteiger partial charge >= 0.3 is 0 Å². The van der Waals surface area contributed by atoms with Gasteiger partial charge in [-0.1, -0.05) is 13.0 Å². The SMILES string of the molecule is CCC1CN(c2cccc(N)n2)CCO1. The number of ether oxygens (including phenoxy) is 1. The number of hydrogen-bond acceptors (Lipinski definition) is 4. The average Bonchev–Trinajstić information content (AvgIpc) is 2.29. The van der Waals surface area contributed by atoms with E-state index < -0.39 is 0 Å². The molecular formula is C11H17N3O. The van der Waals surface area contributed by atoms with E-state index in [1.807, 2.05) is 12.1 Å². The summed E-state index contributed by atoms with van der Waals surface area (Å²) in [5.41, 5.74) is 5.66. The highest BCUT2D eigenvalue weighted by molar-refractivity contribution is 5.45. The van der Waals surface area contributed by atoms with Crippen LogP contribution in [-0.2, 0) is 4.74 Å². The third kappa shape index (κ3) is 2.39. The first-order chi connectivity index (χ1) is 7.29. The molecule has 2 heterocycles. The van der Waals surface area contributed by atoms with E-state index in [9.17, 15) is 0 Å². The fourth-order valence-electron chi connectivity index (χ4n) is 1.79. The van der Waals surface area contributed by atoms with Crippen LogP contribution in [0, 0.1) is 0 Å². The summed E-state index contributed by atoms with van der Waals surface area (Å²) in [6.45, 7) is 4.72. The summed E-state index contributed by atoms with van der Waals surface area (Å²) < 4.78 is 5.61. The molecular weight excluding hydrogens is 190 g/mol. The van der Waals surface area contributed by atoms with E-state index in [2.05, 4.69) is 16.8 Å². The van der Waals surface area contributed by atoms with Crippen LogP contribution in [-0.4, -0.2) is 30.8 Å². The van der Waals surface area contributed by atoms with Crippen LogP contribution in [0.3, 0.4) is 0 Å². The van der Waals surface area contributed by atoms with E-state index in [-0.39, 0.29) is 0 Å². The highest BCUT2D eigenvalue weighted by Gasteiger charge is 2.19. The lowest BCUT2D eigenvalue weighted by atomic mass is 10.2. The smallest absolute Gasteiger partial charge is 0.131 e. The van der Waals surface area contributed by atoms with Gasteiger partial charge in [-0.15, -0.1) is 0 Å². The predicted octanol–water partition coefficient (Wildman–Crippen LogP) is 1.28. The number of hydrogen-bond donors (Lipinski definition) is 1. The third-order valence-corrected chi connectivity index (χ3v) is 2.67. The summed E-state index contributed by atoms with van der Waals surface area (Å²) in [5.74, 6) is 1.53. The van der Waals surface area contributed by atoms with Gasteiger partial charge in [-0.3, -0.25) is 0 Å². The lowest BCUT2D eigenvalue weighted by molar-refractivity contribution is 0.0382. The predicted molar refractivity (Wildman–Crippen MR) is 60.9 cm³/mol. The van der Waals surface area contributed by atoms with Crippen LogP contribution < -0.4 is 10.6 Å². The van der Waals surface area contributed by atoms with Crippen LogP contribution in [0.1, 0.15) is 13.3 Å². The van der Waals surface area contributed by atoms with E-state index in [4.69, 9.17) is 10.5 Å². The molecule has 0 saturated carbocycles. The molecule has 4 nitrogen and oxygen atoms in total. The van der Waals surface area contributed by atoms with Gasteiger partial charge in [0.1, 0.15) is 11.6 Å². The van der Waals surface area contributed by atoms with E-state index in [1.54, 1.807) is 6.07 Å². The lowest BCUT2D eigenvalue weighted by Crippen LogP contribution is -2.42. The van der Waals surface area contributed by atoms with Crippen LogP contribution in [0.15, 0.2) is 18.2 Å². The molecule has 82 valence electrons. The average molecular weight is 207 g/mol. The van der Waals surface area contributed by atoms with Crippen LogP contribution >= 0.6 is 0 Å². The van der Waals surface area contributed by atoms with Gasteiger partial charge in [0.2, 0.25) is 0 Å². The Morgan fingerprint density at radius 2 is 2.47 bits per heavy atom. The number of anilines is 2. The molecule has 1 aliphatic rings. The molecule has 1 saturated heterocycles. The number of nitrogen functional groups attached to an aromatic ring is 1. The van der Waals surface area contributed by atoms with Crippen molar-refractivity contribution in [2.45, 2.75) is 19.4 Å². The van der Waals surface area contributed by atoms with Crippen LogP contribution in [0.5, 0.6) is 0 Å². The zero-order chi connectivity index (χ0) is 10.7. The molecule has 2 rings (SSSR count). The van der Waals surface area contributed by atoms with Crippen LogP contribution in [0.25, 0.3) is 0 Å². The second kappa shape index (κ2) is 4.49. The second-order valence-corrected chi connectivity index (χ2v) is 3.77. The number of morpholine rings is 1. The molecule has 0 radical (unpaired) electrons. The molecule has 0 amide bonds. The molecule has 1 aromatic heterocycles. The molecule has 0 spiro atoms. The van der Waals surface area contributed by atoms with Gasteiger partial charge in [-0.25, -0.2) is 4.98 Å². The molecule has 1 aromatic rings. The van der Waals surface area contributed by atoms with E-state index >= 15 is 0 Å². The Bertz CT molecular complexity index is 329.